The molecule has 0 spiro atoms. The van der Waals surface area contributed by atoms with Crippen molar-refractivity contribution in [3.63, 3.8) is 0 Å². The Morgan fingerprint density at radius 3 is 2.64 bits per heavy atom. The molecule has 1 N–H and O–H groups in total. The second-order valence-corrected chi connectivity index (χ2v) is 17.1. The lowest BCUT2D eigenvalue weighted by Gasteiger charge is -2.41. The molecule has 1 unspecified atom stereocenters. The second-order valence-electron chi connectivity index (χ2n) is 10.6. The molecule has 184 valence electrons. The van der Waals surface area contributed by atoms with Crippen molar-refractivity contribution in [1.29, 1.82) is 0 Å². The van der Waals surface area contributed by atoms with Crippen molar-refractivity contribution in [1.82, 2.24) is 19.4 Å². The number of hydrogen-bond acceptors (Lipinski definition) is 7. The number of carbonyl (C=O) groups is 1. The summed E-state index contributed by atoms with van der Waals surface area (Å²) in [6.45, 7) is 14.9. The molecule has 1 fully saturated rings. The first-order chi connectivity index (χ1) is 15.4. The maximum Gasteiger partial charge on any atom is 0.410 e. The Morgan fingerprint density at radius 1 is 1.27 bits per heavy atom. The second kappa shape index (κ2) is 10.3. The van der Waals surface area contributed by atoms with Gasteiger partial charge in [0.05, 0.1) is 18.0 Å². The normalized spacial score (nSPS) is 17.6. The molecule has 2 aromatic rings. The quantitative estimate of drug-likeness (QED) is 0.419. The van der Waals surface area contributed by atoms with Gasteiger partial charge in [0.2, 0.25) is 0 Å². The number of fused-ring (bicyclic) bond motifs is 1. The highest BCUT2D eigenvalue weighted by Crippen LogP contribution is 2.34. The fourth-order valence-corrected chi connectivity index (χ4v) is 5.06. The van der Waals surface area contributed by atoms with Crippen LogP contribution in [0.15, 0.2) is 17.0 Å². The number of aliphatic hydroxyl groups is 1. The van der Waals surface area contributed by atoms with Gasteiger partial charge in [0.15, 0.2) is 0 Å². The fourth-order valence-electron chi connectivity index (χ4n) is 3.70. The number of hydrogen-bond donors (Lipinski definition) is 1. The molecular formula is C22H36BrN5O4Si. The van der Waals surface area contributed by atoms with Crippen LogP contribution in [0.25, 0.3) is 11.0 Å². The van der Waals surface area contributed by atoms with Gasteiger partial charge in [0, 0.05) is 45.0 Å². The standard InChI is InChI=1S/C22H36BrN5O4Si/c1-22(2,3)32-21(30)26-7-8-28(16(11-26)13-29)20-18-17(23)12-27(19(18)24-14-25-20)15-31-9-10-33(4,5)6/h12,14,16,29H,7-11,13,15H2,1-6H3. The molecule has 0 aromatic carbocycles. The van der Waals surface area contributed by atoms with E-state index in [9.17, 15) is 9.90 Å². The van der Waals surface area contributed by atoms with Crippen LogP contribution in [0.3, 0.4) is 0 Å². The number of ether oxygens (including phenoxy) is 2. The van der Waals surface area contributed by atoms with Crippen LogP contribution in [0.2, 0.25) is 25.7 Å². The number of piperazine rings is 1. The average Bonchev–Trinajstić information content (AvgIpc) is 3.04. The summed E-state index contributed by atoms with van der Waals surface area (Å²) < 4.78 is 14.3. The van der Waals surface area contributed by atoms with Gasteiger partial charge < -0.3 is 28.9 Å². The molecule has 33 heavy (non-hydrogen) atoms. The summed E-state index contributed by atoms with van der Waals surface area (Å²) in [5.74, 6) is 0.732. The largest absolute Gasteiger partial charge is 0.444 e. The van der Waals surface area contributed by atoms with E-state index in [0.717, 1.165) is 34.0 Å². The summed E-state index contributed by atoms with van der Waals surface area (Å²) in [5, 5.41) is 11.0. The van der Waals surface area contributed by atoms with Crippen molar-refractivity contribution < 1.29 is 19.4 Å². The van der Waals surface area contributed by atoms with E-state index in [2.05, 4.69) is 45.5 Å². The minimum Gasteiger partial charge on any atom is -0.444 e. The maximum atomic E-state index is 12.5. The summed E-state index contributed by atoms with van der Waals surface area (Å²) in [4.78, 5) is 25.3. The lowest BCUT2D eigenvalue weighted by Crippen LogP contribution is -2.57. The number of aromatic nitrogens is 3. The molecule has 3 heterocycles. The molecule has 11 heteroatoms. The SMILES string of the molecule is CC(C)(C)OC(=O)N1CCN(c2ncnc3c2c(Br)cn3COCC[Si](C)(C)C)C(CO)C1. The predicted molar refractivity (Wildman–Crippen MR) is 135 cm³/mol. The first-order valence-electron chi connectivity index (χ1n) is 11.3. The minimum atomic E-state index is -1.15. The van der Waals surface area contributed by atoms with Crippen LogP contribution in [0, 0.1) is 0 Å². The Hall–Kier alpha value is -1.69. The van der Waals surface area contributed by atoms with Crippen molar-refractivity contribution in [3.05, 3.63) is 17.0 Å². The molecule has 1 saturated heterocycles. The van der Waals surface area contributed by atoms with Crippen LogP contribution in [0.1, 0.15) is 20.8 Å². The molecule has 1 amide bonds. The zero-order valence-corrected chi connectivity index (χ0v) is 23.1. The third kappa shape index (κ3) is 6.68. The Bertz CT molecular complexity index is 972. The number of anilines is 1. The van der Waals surface area contributed by atoms with Gasteiger partial charge in [-0.1, -0.05) is 19.6 Å². The topological polar surface area (TPSA) is 93.0 Å². The smallest absolute Gasteiger partial charge is 0.410 e. The maximum absolute atomic E-state index is 12.5. The van der Waals surface area contributed by atoms with Crippen molar-refractivity contribution in [2.24, 2.45) is 0 Å². The molecule has 0 radical (unpaired) electrons. The summed E-state index contributed by atoms with van der Waals surface area (Å²) in [5.41, 5.74) is 0.207. The monoisotopic (exact) mass is 541 g/mol. The highest BCUT2D eigenvalue weighted by atomic mass is 79.9. The first-order valence-corrected chi connectivity index (χ1v) is 15.8. The molecular weight excluding hydrogens is 506 g/mol. The van der Waals surface area contributed by atoms with Crippen molar-refractivity contribution in [2.45, 2.75) is 64.8 Å². The van der Waals surface area contributed by atoms with Crippen LogP contribution >= 0.6 is 15.9 Å². The third-order valence-electron chi connectivity index (χ3n) is 5.43. The Labute approximate surface area is 205 Å². The molecule has 0 saturated carbocycles. The molecule has 1 aliphatic heterocycles. The number of aliphatic hydroxyl groups excluding tert-OH is 1. The van der Waals surface area contributed by atoms with Crippen LogP contribution in [-0.2, 0) is 16.2 Å². The highest BCUT2D eigenvalue weighted by molar-refractivity contribution is 9.10. The van der Waals surface area contributed by atoms with Gasteiger partial charge in [0.25, 0.3) is 0 Å². The van der Waals surface area contributed by atoms with Crippen molar-refractivity contribution >= 4 is 46.9 Å². The van der Waals surface area contributed by atoms with Crippen molar-refractivity contribution in [3.8, 4) is 0 Å². The van der Waals surface area contributed by atoms with Gasteiger partial charge in [-0.3, -0.25) is 0 Å². The number of amides is 1. The minimum absolute atomic E-state index is 0.108. The lowest BCUT2D eigenvalue weighted by molar-refractivity contribution is 0.0197. The van der Waals surface area contributed by atoms with E-state index in [1.54, 1.807) is 4.90 Å². The summed E-state index contributed by atoms with van der Waals surface area (Å²) >= 11 is 3.66. The molecule has 1 atom stereocenters. The molecule has 0 aliphatic carbocycles. The summed E-state index contributed by atoms with van der Waals surface area (Å²) in [6, 6.07) is 0.806. The fraction of sp³-hybridized carbons (Fsp3) is 0.682. The van der Waals surface area contributed by atoms with Crippen molar-refractivity contribution in [2.75, 3.05) is 37.7 Å². The summed E-state index contributed by atoms with van der Waals surface area (Å²) in [7, 11) is -1.15. The third-order valence-corrected chi connectivity index (χ3v) is 7.74. The number of rotatable bonds is 7. The van der Waals surface area contributed by atoms with E-state index < -0.39 is 13.7 Å². The van der Waals surface area contributed by atoms with E-state index in [1.807, 2.05) is 36.4 Å². The Morgan fingerprint density at radius 2 is 2.00 bits per heavy atom. The number of carbonyl (C=O) groups excluding carboxylic acids is 1. The van der Waals surface area contributed by atoms with Gasteiger partial charge in [-0.05, 0) is 42.7 Å². The highest BCUT2D eigenvalue weighted by Gasteiger charge is 2.33. The van der Waals surface area contributed by atoms with E-state index in [0.29, 0.717) is 26.4 Å². The van der Waals surface area contributed by atoms with Gasteiger partial charge in [-0.25, -0.2) is 14.8 Å². The van der Waals surface area contributed by atoms with E-state index in [-0.39, 0.29) is 18.7 Å². The van der Waals surface area contributed by atoms with Crippen LogP contribution in [-0.4, -0.2) is 83.2 Å². The Kier molecular flexibility index (Phi) is 8.08. The lowest BCUT2D eigenvalue weighted by atomic mass is 10.1. The van der Waals surface area contributed by atoms with E-state index >= 15 is 0 Å². The number of halogens is 1. The first kappa shape index (κ1) is 25.9. The van der Waals surface area contributed by atoms with Crippen LogP contribution in [0.4, 0.5) is 10.6 Å². The molecule has 9 nitrogen and oxygen atoms in total. The van der Waals surface area contributed by atoms with Crippen LogP contribution in [0.5, 0.6) is 0 Å². The predicted octanol–water partition coefficient (Wildman–Crippen LogP) is 3.92. The number of nitrogens with zero attached hydrogens (tertiary/aromatic N) is 5. The molecule has 0 bridgehead atoms. The van der Waals surface area contributed by atoms with E-state index in [4.69, 9.17) is 9.47 Å². The average molecular weight is 543 g/mol. The zero-order valence-electron chi connectivity index (χ0n) is 20.5. The molecule has 2 aromatic heterocycles. The van der Waals surface area contributed by atoms with Gasteiger partial charge in [-0.15, -0.1) is 0 Å². The van der Waals surface area contributed by atoms with E-state index in [1.165, 1.54) is 6.33 Å². The van der Waals surface area contributed by atoms with Crippen LogP contribution < -0.4 is 4.90 Å². The van der Waals surface area contributed by atoms with Gasteiger partial charge >= 0.3 is 6.09 Å². The Balaban J connectivity index is 1.78. The molecule has 1 aliphatic rings. The molecule has 3 rings (SSSR count). The van der Waals surface area contributed by atoms with Gasteiger partial charge in [0.1, 0.15) is 30.1 Å². The summed E-state index contributed by atoms with van der Waals surface area (Å²) in [6.07, 6.45) is 3.14. The zero-order chi connectivity index (χ0) is 24.4. The van der Waals surface area contributed by atoms with Gasteiger partial charge in [-0.2, -0.15) is 0 Å².